The summed E-state index contributed by atoms with van der Waals surface area (Å²) < 4.78 is 0. The molecule has 4 heteroatoms. The van der Waals surface area contributed by atoms with Crippen LogP contribution in [0.2, 0.25) is 0 Å². The molecule has 1 aliphatic rings. The van der Waals surface area contributed by atoms with Crippen molar-refractivity contribution in [1.29, 1.82) is 5.26 Å². The Morgan fingerprint density at radius 1 is 1.59 bits per heavy atom. The normalized spacial score (nSPS) is 19.5. The topological polar surface area (TPSA) is 44.1 Å². The smallest absolute Gasteiger partial charge is 0.228 e. The van der Waals surface area contributed by atoms with Gasteiger partial charge in [0.15, 0.2) is 0 Å². The molecule has 1 aromatic rings. The first-order valence-corrected chi connectivity index (χ1v) is 6.54. The molecule has 0 bridgehead atoms. The van der Waals surface area contributed by atoms with Gasteiger partial charge in [-0.2, -0.15) is 5.26 Å². The molecular formula is C13H13BrN2O. The molecule has 1 fully saturated rings. The molecule has 88 valence electrons. The zero-order valence-electron chi connectivity index (χ0n) is 9.61. The van der Waals surface area contributed by atoms with E-state index < -0.39 is 0 Å². The van der Waals surface area contributed by atoms with E-state index in [1.807, 2.05) is 19.1 Å². The monoisotopic (exact) mass is 292 g/mol. The van der Waals surface area contributed by atoms with Gasteiger partial charge in [0.2, 0.25) is 5.91 Å². The predicted molar refractivity (Wildman–Crippen MR) is 70.2 cm³/mol. The van der Waals surface area contributed by atoms with E-state index in [0.29, 0.717) is 18.5 Å². The number of aryl methyl sites for hydroxylation is 1. The standard InChI is InChI=1S/C13H13BrN2O/c1-2-10-5-9(7-15)3-4-12(10)16-8-11(14)6-13(16)17/h3-5,11H,2,6,8H2,1H3. The average Bonchev–Trinajstić information content (AvgIpc) is 2.67. The Bertz CT molecular complexity index is 493. The lowest BCUT2D eigenvalue weighted by Crippen LogP contribution is -2.25. The van der Waals surface area contributed by atoms with Crippen molar-refractivity contribution in [2.24, 2.45) is 0 Å². The Balaban J connectivity index is 2.39. The van der Waals surface area contributed by atoms with Crippen molar-refractivity contribution in [3.63, 3.8) is 0 Å². The number of benzene rings is 1. The van der Waals surface area contributed by atoms with Crippen LogP contribution in [0.15, 0.2) is 18.2 Å². The molecule has 0 saturated carbocycles. The van der Waals surface area contributed by atoms with Crippen LogP contribution in [0.4, 0.5) is 5.69 Å². The molecule has 0 radical (unpaired) electrons. The molecule has 1 atom stereocenters. The summed E-state index contributed by atoms with van der Waals surface area (Å²) in [5.74, 6) is 0.145. The van der Waals surface area contributed by atoms with E-state index >= 15 is 0 Å². The summed E-state index contributed by atoms with van der Waals surface area (Å²) in [6.07, 6.45) is 1.37. The number of nitrogens with zero attached hydrogens (tertiary/aromatic N) is 2. The number of halogens is 1. The minimum absolute atomic E-state index is 0.145. The van der Waals surface area contributed by atoms with Gasteiger partial charge in [-0.05, 0) is 30.2 Å². The summed E-state index contributed by atoms with van der Waals surface area (Å²) in [6, 6.07) is 7.63. The minimum atomic E-state index is 0.145. The van der Waals surface area contributed by atoms with Crippen molar-refractivity contribution in [2.45, 2.75) is 24.6 Å². The maximum atomic E-state index is 11.8. The second kappa shape index (κ2) is 4.89. The molecule has 1 aromatic carbocycles. The molecule has 1 amide bonds. The molecular weight excluding hydrogens is 280 g/mol. The highest BCUT2D eigenvalue weighted by Gasteiger charge is 2.29. The largest absolute Gasteiger partial charge is 0.311 e. The number of rotatable bonds is 2. The van der Waals surface area contributed by atoms with Gasteiger partial charge >= 0.3 is 0 Å². The number of carbonyl (C=O) groups is 1. The Morgan fingerprint density at radius 2 is 2.35 bits per heavy atom. The second-order valence-corrected chi connectivity index (χ2v) is 5.41. The van der Waals surface area contributed by atoms with Crippen LogP contribution in [0.3, 0.4) is 0 Å². The quantitative estimate of drug-likeness (QED) is 0.787. The molecule has 1 saturated heterocycles. The van der Waals surface area contributed by atoms with E-state index in [1.54, 1.807) is 11.0 Å². The van der Waals surface area contributed by atoms with Crippen LogP contribution in [-0.2, 0) is 11.2 Å². The molecule has 17 heavy (non-hydrogen) atoms. The fraction of sp³-hybridized carbons (Fsp3) is 0.385. The number of anilines is 1. The summed E-state index contributed by atoms with van der Waals surface area (Å²) in [5.41, 5.74) is 2.64. The van der Waals surface area contributed by atoms with Gasteiger partial charge in [-0.3, -0.25) is 4.79 Å². The maximum Gasteiger partial charge on any atom is 0.228 e. The fourth-order valence-corrected chi connectivity index (χ4v) is 2.66. The van der Waals surface area contributed by atoms with Gasteiger partial charge in [-0.1, -0.05) is 22.9 Å². The van der Waals surface area contributed by atoms with Gasteiger partial charge in [0, 0.05) is 23.5 Å². The van der Waals surface area contributed by atoms with Crippen molar-refractivity contribution < 1.29 is 4.79 Å². The third-order valence-corrected chi connectivity index (χ3v) is 3.57. The first kappa shape index (κ1) is 12.1. The summed E-state index contributed by atoms with van der Waals surface area (Å²) in [6.45, 7) is 2.74. The van der Waals surface area contributed by atoms with Gasteiger partial charge in [0.05, 0.1) is 11.6 Å². The van der Waals surface area contributed by atoms with E-state index in [0.717, 1.165) is 17.7 Å². The van der Waals surface area contributed by atoms with Gasteiger partial charge < -0.3 is 4.90 Å². The maximum absolute atomic E-state index is 11.8. The van der Waals surface area contributed by atoms with Crippen molar-refractivity contribution in [3.8, 4) is 6.07 Å². The van der Waals surface area contributed by atoms with Crippen LogP contribution in [-0.4, -0.2) is 17.3 Å². The van der Waals surface area contributed by atoms with E-state index in [2.05, 4.69) is 22.0 Å². The zero-order valence-corrected chi connectivity index (χ0v) is 11.2. The van der Waals surface area contributed by atoms with Crippen LogP contribution >= 0.6 is 15.9 Å². The van der Waals surface area contributed by atoms with Gasteiger partial charge in [-0.25, -0.2) is 0 Å². The SMILES string of the molecule is CCc1cc(C#N)ccc1N1CC(Br)CC1=O. The van der Waals surface area contributed by atoms with E-state index in [9.17, 15) is 4.79 Å². The molecule has 0 aromatic heterocycles. The Morgan fingerprint density at radius 3 is 2.88 bits per heavy atom. The number of nitriles is 1. The van der Waals surface area contributed by atoms with Crippen LogP contribution in [0.25, 0.3) is 0 Å². The van der Waals surface area contributed by atoms with E-state index in [-0.39, 0.29) is 10.7 Å². The van der Waals surface area contributed by atoms with Crippen LogP contribution in [0.5, 0.6) is 0 Å². The Hall–Kier alpha value is -1.34. The van der Waals surface area contributed by atoms with Crippen molar-refractivity contribution in [3.05, 3.63) is 29.3 Å². The first-order chi connectivity index (χ1) is 8.15. The van der Waals surface area contributed by atoms with E-state index in [1.165, 1.54) is 0 Å². The van der Waals surface area contributed by atoms with Crippen molar-refractivity contribution >= 4 is 27.5 Å². The number of hydrogen-bond donors (Lipinski definition) is 0. The van der Waals surface area contributed by atoms with Crippen molar-refractivity contribution in [1.82, 2.24) is 0 Å². The summed E-state index contributed by atoms with van der Waals surface area (Å²) >= 11 is 3.48. The second-order valence-electron chi connectivity index (χ2n) is 4.11. The molecule has 3 nitrogen and oxygen atoms in total. The average molecular weight is 293 g/mol. The van der Waals surface area contributed by atoms with Crippen LogP contribution in [0, 0.1) is 11.3 Å². The highest BCUT2D eigenvalue weighted by Crippen LogP contribution is 2.29. The summed E-state index contributed by atoms with van der Waals surface area (Å²) in [7, 11) is 0. The van der Waals surface area contributed by atoms with Crippen molar-refractivity contribution in [2.75, 3.05) is 11.4 Å². The lowest BCUT2D eigenvalue weighted by atomic mass is 10.1. The molecule has 0 N–H and O–H groups in total. The molecule has 0 spiro atoms. The Labute approximate surface area is 109 Å². The molecule has 1 heterocycles. The van der Waals surface area contributed by atoms with Crippen LogP contribution in [0.1, 0.15) is 24.5 Å². The predicted octanol–water partition coefficient (Wildman–Crippen LogP) is 2.62. The van der Waals surface area contributed by atoms with Gasteiger partial charge in [-0.15, -0.1) is 0 Å². The minimum Gasteiger partial charge on any atom is -0.311 e. The highest BCUT2D eigenvalue weighted by atomic mass is 79.9. The van der Waals surface area contributed by atoms with Gasteiger partial charge in [0.1, 0.15) is 0 Å². The number of amides is 1. The summed E-state index contributed by atoms with van der Waals surface area (Å²) in [4.78, 5) is 13.9. The Kier molecular flexibility index (Phi) is 3.49. The highest BCUT2D eigenvalue weighted by molar-refractivity contribution is 9.09. The molecule has 1 unspecified atom stereocenters. The number of carbonyl (C=O) groups excluding carboxylic acids is 1. The first-order valence-electron chi connectivity index (χ1n) is 5.63. The molecule has 2 rings (SSSR count). The number of hydrogen-bond acceptors (Lipinski definition) is 2. The molecule has 0 aliphatic carbocycles. The lowest BCUT2D eigenvalue weighted by molar-refractivity contribution is -0.117. The van der Waals surface area contributed by atoms with E-state index in [4.69, 9.17) is 5.26 Å². The molecule has 1 aliphatic heterocycles. The van der Waals surface area contributed by atoms with Crippen LogP contribution < -0.4 is 4.90 Å². The fourth-order valence-electron chi connectivity index (χ4n) is 2.10. The third kappa shape index (κ3) is 2.34. The van der Waals surface area contributed by atoms with Gasteiger partial charge in [0.25, 0.3) is 0 Å². The zero-order chi connectivity index (χ0) is 12.4. The summed E-state index contributed by atoms with van der Waals surface area (Å²) in [5, 5.41) is 8.87. The third-order valence-electron chi connectivity index (χ3n) is 2.96. The lowest BCUT2D eigenvalue weighted by Gasteiger charge is -2.19. The number of alkyl halides is 1.